The Morgan fingerprint density at radius 1 is 1.15 bits per heavy atom. The number of halogens is 1. The molecule has 0 radical (unpaired) electrons. The maximum absolute atomic E-state index is 16.1. The number of hydrogen-bond acceptors (Lipinski definition) is 11. The van der Waals surface area contributed by atoms with Crippen LogP contribution < -0.4 is 4.90 Å². The predicted molar refractivity (Wildman–Crippen MR) is 196 cm³/mol. The van der Waals surface area contributed by atoms with Gasteiger partial charge in [-0.1, -0.05) is 13.8 Å². The van der Waals surface area contributed by atoms with E-state index in [1.54, 1.807) is 17.9 Å². The molecule has 2 bridgehead atoms. The number of anilines is 1. The first-order valence-corrected chi connectivity index (χ1v) is 20.4. The van der Waals surface area contributed by atoms with E-state index >= 15 is 4.39 Å². The average Bonchev–Trinajstić information content (AvgIpc) is 3.63. The molecule has 4 aliphatic heterocycles. The van der Waals surface area contributed by atoms with Crippen LogP contribution in [-0.4, -0.2) is 101 Å². The number of phenolic OH excluding ortho intramolecular Hbond substituents is 1. The van der Waals surface area contributed by atoms with Crippen molar-refractivity contribution in [3.63, 3.8) is 0 Å². The van der Waals surface area contributed by atoms with Gasteiger partial charge in [-0.2, -0.15) is 5.10 Å². The van der Waals surface area contributed by atoms with Gasteiger partial charge in [-0.15, -0.1) is 0 Å². The fourth-order valence-electron chi connectivity index (χ4n) is 8.72. The molecule has 1 N–H and O–H groups in total. The molecule has 4 fully saturated rings. The zero-order valence-corrected chi connectivity index (χ0v) is 31.7. The Labute approximate surface area is 304 Å². The van der Waals surface area contributed by atoms with Crippen LogP contribution in [0.15, 0.2) is 33.8 Å². The molecule has 3 unspecified atom stereocenters. The number of nitrogens with zero attached hydrogens (tertiary/aromatic N) is 6. The molecule has 1 aromatic heterocycles. The maximum Gasteiger partial charge on any atom is 0.410 e. The van der Waals surface area contributed by atoms with E-state index < -0.39 is 26.9 Å². The number of carbonyl (C=O) groups excluding carboxylic acids is 1. The molecule has 8 rings (SSSR count). The zero-order chi connectivity index (χ0) is 36.9. The summed E-state index contributed by atoms with van der Waals surface area (Å²) in [5.41, 5.74) is 1.07. The third-order valence-corrected chi connectivity index (χ3v) is 13.7. The Morgan fingerprint density at radius 3 is 2.56 bits per heavy atom. The highest BCUT2D eigenvalue weighted by molar-refractivity contribution is 7.91. The number of piperazine rings is 1. The van der Waals surface area contributed by atoms with Crippen molar-refractivity contribution in [2.75, 3.05) is 30.3 Å². The van der Waals surface area contributed by atoms with E-state index in [-0.39, 0.29) is 58.3 Å². The summed E-state index contributed by atoms with van der Waals surface area (Å²) in [5.74, 6) is -0.257. The molecule has 5 atom stereocenters. The summed E-state index contributed by atoms with van der Waals surface area (Å²) >= 11 is 0. The number of hydrazone groups is 1. The molecule has 1 aromatic carbocycles. The van der Waals surface area contributed by atoms with Gasteiger partial charge in [0.2, 0.25) is 15.0 Å². The van der Waals surface area contributed by atoms with Crippen LogP contribution in [0.3, 0.4) is 0 Å². The van der Waals surface area contributed by atoms with Crippen molar-refractivity contribution in [1.82, 2.24) is 19.9 Å². The van der Waals surface area contributed by atoms with Crippen LogP contribution in [0, 0.1) is 5.41 Å². The standard InChI is InChI=1S/C38H49FN6O6S/c1-7-37(4,5)51-36(47)44-19-23-15-24(44)18-43(23)34-26-16-25(22-12-13-22)30(33(46)32(26)41-35(42-34)52(48,49)8-2)31-21(3)27(39)17-28-38(31,6)20-40-45(28)29-11-9-10-14-50-29/h16-17,20,22-24,28-29,46H,7-15,18-19H2,1-6H3/t23-,24-,28?,29?,38?/m0/s1. The van der Waals surface area contributed by atoms with Crippen molar-refractivity contribution in [3.8, 4) is 5.75 Å². The number of fused-ring (bicyclic) bond motifs is 4. The molecule has 280 valence electrons. The van der Waals surface area contributed by atoms with Crippen LogP contribution in [0.5, 0.6) is 5.75 Å². The van der Waals surface area contributed by atoms with Crippen molar-refractivity contribution >= 4 is 44.4 Å². The predicted octanol–water partition coefficient (Wildman–Crippen LogP) is 6.44. The quantitative estimate of drug-likeness (QED) is 0.302. The molecule has 5 heterocycles. The Hall–Kier alpha value is -3.78. The van der Waals surface area contributed by atoms with Crippen molar-refractivity contribution in [2.45, 2.75) is 128 Å². The number of aromatic hydroxyl groups is 1. The van der Waals surface area contributed by atoms with Gasteiger partial charge >= 0.3 is 6.09 Å². The number of aromatic nitrogens is 2. The minimum absolute atomic E-state index is 0.109. The molecule has 52 heavy (non-hydrogen) atoms. The topological polar surface area (TPSA) is 138 Å². The molecule has 14 heteroatoms. The second kappa shape index (κ2) is 12.4. The van der Waals surface area contributed by atoms with Gasteiger partial charge in [0.1, 0.15) is 34.7 Å². The molecule has 2 aliphatic carbocycles. The van der Waals surface area contributed by atoms with Crippen LogP contribution >= 0.6 is 0 Å². The number of phenols is 1. The fraction of sp³-hybridized carbons (Fsp3) is 0.632. The lowest BCUT2D eigenvalue weighted by molar-refractivity contribution is -0.0965. The highest BCUT2D eigenvalue weighted by Crippen LogP contribution is 2.57. The molecule has 12 nitrogen and oxygen atoms in total. The summed E-state index contributed by atoms with van der Waals surface area (Å²) in [6.45, 7) is 12.5. The number of likely N-dealkylation sites (tertiary alicyclic amines) is 1. The third-order valence-electron chi connectivity index (χ3n) is 12.2. The van der Waals surface area contributed by atoms with Crippen LogP contribution in [0.1, 0.15) is 104 Å². The van der Waals surface area contributed by atoms with Crippen LogP contribution in [0.2, 0.25) is 0 Å². The van der Waals surface area contributed by atoms with E-state index in [0.29, 0.717) is 60.5 Å². The minimum Gasteiger partial charge on any atom is -0.505 e. The Bertz CT molecular complexity index is 2040. The van der Waals surface area contributed by atoms with Crippen molar-refractivity contribution in [2.24, 2.45) is 10.5 Å². The Balaban J connectivity index is 1.25. The lowest BCUT2D eigenvalue weighted by atomic mass is 9.67. The molecule has 2 aromatic rings. The smallest absolute Gasteiger partial charge is 0.410 e. The van der Waals surface area contributed by atoms with Crippen molar-refractivity contribution in [3.05, 3.63) is 34.7 Å². The van der Waals surface area contributed by atoms with Gasteiger partial charge in [0.05, 0.1) is 29.3 Å². The van der Waals surface area contributed by atoms with Gasteiger partial charge < -0.3 is 24.4 Å². The SMILES string of the molecule is CCC(C)(C)OC(=O)N1C[C@@H]2C[C@H]1CN2c1nc(S(=O)(=O)CC)nc2c(O)c(C3=C(C)C(F)=CC4N(C5CCCCO5)N=CC34C)c(C3CC3)cc12. The lowest BCUT2D eigenvalue weighted by Crippen LogP contribution is -2.50. The summed E-state index contributed by atoms with van der Waals surface area (Å²) in [7, 11) is -3.90. The third kappa shape index (κ3) is 5.57. The van der Waals surface area contributed by atoms with Gasteiger partial charge in [0.25, 0.3) is 0 Å². The van der Waals surface area contributed by atoms with Gasteiger partial charge in [-0.3, -0.25) is 5.01 Å². The van der Waals surface area contributed by atoms with Gasteiger partial charge in [0, 0.05) is 36.9 Å². The van der Waals surface area contributed by atoms with E-state index in [2.05, 4.69) is 9.88 Å². The minimum atomic E-state index is -3.90. The highest BCUT2D eigenvalue weighted by Gasteiger charge is 2.52. The lowest BCUT2D eigenvalue weighted by Gasteiger charge is -2.42. The number of amides is 1. The Morgan fingerprint density at radius 2 is 1.92 bits per heavy atom. The van der Waals surface area contributed by atoms with Gasteiger partial charge in [-0.05, 0) is 107 Å². The normalized spacial score (nSPS) is 29.0. The van der Waals surface area contributed by atoms with E-state index in [0.717, 1.165) is 37.7 Å². The summed E-state index contributed by atoms with van der Waals surface area (Å²) in [6.07, 6.45) is 8.73. The first kappa shape index (κ1) is 35.3. The molecule has 1 saturated carbocycles. The largest absolute Gasteiger partial charge is 0.505 e. The summed E-state index contributed by atoms with van der Waals surface area (Å²) < 4.78 is 54.9. The van der Waals surface area contributed by atoms with Crippen LogP contribution in [0.25, 0.3) is 16.5 Å². The second-order valence-electron chi connectivity index (χ2n) is 16.1. The molecule has 1 amide bonds. The summed E-state index contributed by atoms with van der Waals surface area (Å²) in [5, 5.41) is 19.3. The number of hydrogen-bond donors (Lipinski definition) is 1. The first-order valence-electron chi connectivity index (χ1n) is 18.8. The maximum atomic E-state index is 16.1. The monoisotopic (exact) mass is 736 g/mol. The summed E-state index contributed by atoms with van der Waals surface area (Å²) in [6, 6.07) is 1.24. The van der Waals surface area contributed by atoms with Crippen LogP contribution in [0.4, 0.5) is 15.0 Å². The number of ether oxygens (including phenoxy) is 2. The summed E-state index contributed by atoms with van der Waals surface area (Å²) in [4.78, 5) is 26.3. The zero-order valence-electron chi connectivity index (χ0n) is 30.9. The van der Waals surface area contributed by atoms with Crippen molar-refractivity contribution < 1.29 is 32.2 Å². The molecular weight excluding hydrogens is 688 g/mol. The number of allylic oxidation sites excluding steroid dienone is 2. The number of sulfone groups is 1. The average molecular weight is 737 g/mol. The first-order chi connectivity index (χ1) is 24.7. The molecular formula is C38H49FN6O6S. The van der Waals surface area contributed by atoms with Gasteiger partial charge in [0.15, 0.2) is 0 Å². The number of rotatable bonds is 8. The van der Waals surface area contributed by atoms with E-state index in [9.17, 15) is 18.3 Å². The highest BCUT2D eigenvalue weighted by atomic mass is 32.2. The molecule has 0 spiro atoms. The van der Waals surface area contributed by atoms with E-state index in [1.165, 1.54) is 6.92 Å². The second-order valence-corrected chi connectivity index (χ2v) is 18.3. The van der Waals surface area contributed by atoms with E-state index in [4.69, 9.17) is 19.6 Å². The molecule has 6 aliphatic rings. The molecule has 3 saturated heterocycles. The van der Waals surface area contributed by atoms with E-state index in [1.807, 2.05) is 45.0 Å². The fourth-order valence-corrected chi connectivity index (χ4v) is 9.43. The van der Waals surface area contributed by atoms with Crippen molar-refractivity contribution in [1.29, 1.82) is 0 Å². The van der Waals surface area contributed by atoms with Crippen LogP contribution in [-0.2, 0) is 19.3 Å². The Kier molecular flexibility index (Phi) is 8.40. The number of carbonyl (C=O) groups is 1. The van der Waals surface area contributed by atoms with Gasteiger partial charge in [-0.25, -0.2) is 27.6 Å². The number of benzene rings is 1.